The molecule has 0 amide bonds. The Morgan fingerprint density at radius 1 is 1.31 bits per heavy atom. The summed E-state index contributed by atoms with van der Waals surface area (Å²) in [5.74, 6) is 0.732. The molecule has 0 aliphatic rings. The van der Waals surface area contributed by atoms with Crippen LogP contribution in [0.4, 0.5) is 0 Å². The van der Waals surface area contributed by atoms with Gasteiger partial charge in [0.2, 0.25) is 0 Å². The zero-order chi connectivity index (χ0) is 11.4. The monoisotopic (exact) mass is 216 g/mol. The molecule has 1 aromatic heterocycles. The lowest BCUT2D eigenvalue weighted by atomic mass is 10.1. The van der Waals surface area contributed by atoms with Gasteiger partial charge in [-0.25, -0.2) is 4.98 Å². The predicted octanol–water partition coefficient (Wildman–Crippen LogP) is 2.09. The lowest BCUT2D eigenvalue weighted by molar-refractivity contribution is 0.154. The molecular weight excluding hydrogens is 200 g/mol. The van der Waals surface area contributed by atoms with Crippen LogP contribution in [0.1, 0.15) is 23.9 Å². The Bertz CT molecular complexity index is 436. The van der Waals surface area contributed by atoms with E-state index >= 15 is 0 Å². The van der Waals surface area contributed by atoms with Crippen molar-refractivity contribution in [3.05, 3.63) is 54.1 Å². The third kappa shape index (κ3) is 2.49. The molecule has 1 N–H and O–H groups in total. The van der Waals surface area contributed by atoms with E-state index in [1.807, 2.05) is 36.0 Å². The predicted molar refractivity (Wildman–Crippen MR) is 62.9 cm³/mol. The summed E-state index contributed by atoms with van der Waals surface area (Å²) in [6, 6.07) is 10.2. The van der Waals surface area contributed by atoms with Gasteiger partial charge in [-0.3, -0.25) is 0 Å². The largest absolute Gasteiger partial charge is 0.385 e. The highest BCUT2D eigenvalue weighted by Gasteiger charge is 2.11. The highest BCUT2D eigenvalue weighted by atomic mass is 16.3. The minimum atomic E-state index is -0.486. The lowest BCUT2D eigenvalue weighted by Gasteiger charge is -2.10. The van der Waals surface area contributed by atoms with Gasteiger partial charge in [0.15, 0.2) is 0 Å². The minimum absolute atomic E-state index is 0.486. The molecule has 0 bridgehead atoms. The molecule has 0 radical (unpaired) electrons. The lowest BCUT2D eigenvalue weighted by Crippen LogP contribution is -2.06. The molecule has 0 saturated carbocycles. The normalized spacial score (nSPS) is 12.6. The number of rotatable bonds is 4. The van der Waals surface area contributed by atoms with Crippen LogP contribution in [0, 0.1) is 0 Å². The zero-order valence-electron chi connectivity index (χ0n) is 9.37. The number of aromatic nitrogens is 2. The molecule has 1 atom stereocenters. The highest BCUT2D eigenvalue weighted by Crippen LogP contribution is 2.16. The van der Waals surface area contributed by atoms with Crippen LogP contribution in [0.15, 0.2) is 42.7 Å². The van der Waals surface area contributed by atoms with Gasteiger partial charge in [-0.05, 0) is 18.4 Å². The smallest absolute Gasteiger partial charge is 0.137 e. The van der Waals surface area contributed by atoms with Gasteiger partial charge in [0.05, 0.1) is 0 Å². The van der Waals surface area contributed by atoms with Crippen LogP contribution in [0.2, 0.25) is 0 Å². The van der Waals surface area contributed by atoms with E-state index in [2.05, 4.69) is 17.1 Å². The van der Waals surface area contributed by atoms with E-state index in [4.69, 9.17) is 0 Å². The minimum Gasteiger partial charge on any atom is -0.385 e. The molecule has 0 saturated heterocycles. The van der Waals surface area contributed by atoms with Gasteiger partial charge >= 0.3 is 0 Å². The van der Waals surface area contributed by atoms with Crippen LogP contribution in [0.25, 0.3) is 0 Å². The Hall–Kier alpha value is -1.61. The van der Waals surface area contributed by atoms with Crippen LogP contribution >= 0.6 is 0 Å². The van der Waals surface area contributed by atoms with Crippen LogP contribution in [-0.2, 0) is 13.5 Å². The maximum absolute atomic E-state index is 9.97. The standard InChI is InChI=1S/C13H16N2O/c1-15-10-9-14-13(15)12(16)8-7-11-5-3-2-4-6-11/h2-6,9-10,12,16H,7-8H2,1H3/t12-/m1/s1. The number of hydrogen-bond donors (Lipinski definition) is 1. The van der Waals surface area contributed by atoms with E-state index in [9.17, 15) is 5.11 Å². The number of aliphatic hydroxyl groups excluding tert-OH is 1. The van der Waals surface area contributed by atoms with Crippen LogP contribution in [-0.4, -0.2) is 14.7 Å². The maximum atomic E-state index is 9.97. The van der Waals surface area contributed by atoms with Gasteiger partial charge in [0, 0.05) is 19.4 Å². The molecule has 3 nitrogen and oxygen atoms in total. The third-order valence-corrected chi connectivity index (χ3v) is 2.71. The van der Waals surface area contributed by atoms with Gasteiger partial charge in [-0.1, -0.05) is 30.3 Å². The summed E-state index contributed by atoms with van der Waals surface area (Å²) in [7, 11) is 1.90. The Morgan fingerprint density at radius 3 is 2.69 bits per heavy atom. The molecule has 0 aliphatic carbocycles. The molecule has 0 unspecified atom stereocenters. The molecule has 1 heterocycles. The van der Waals surface area contributed by atoms with E-state index in [0.29, 0.717) is 6.42 Å². The average Bonchev–Trinajstić information content (AvgIpc) is 2.74. The van der Waals surface area contributed by atoms with Crippen molar-refractivity contribution in [2.24, 2.45) is 7.05 Å². The summed E-state index contributed by atoms with van der Waals surface area (Å²) in [4.78, 5) is 4.14. The molecule has 0 aliphatic heterocycles. The first-order valence-corrected chi connectivity index (χ1v) is 5.46. The van der Waals surface area contributed by atoms with Gasteiger partial charge in [-0.2, -0.15) is 0 Å². The highest BCUT2D eigenvalue weighted by molar-refractivity contribution is 5.15. The second kappa shape index (κ2) is 4.94. The SMILES string of the molecule is Cn1ccnc1[C@H](O)CCc1ccccc1. The number of nitrogens with zero attached hydrogens (tertiary/aromatic N) is 2. The summed E-state index contributed by atoms with van der Waals surface area (Å²) in [5.41, 5.74) is 1.25. The molecular formula is C13H16N2O. The van der Waals surface area contributed by atoms with E-state index in [1.54, 1.807) is 6.20 Å². The van der Waals surface area contributed by atoms with E-state index < -0.39 is 6.10 Å². The van der Waals surface area contributed by atoms with Gasteiger partial charge in [-0.15, -0.1) is 0 Å². The summed E-state index contributed by atoms with van der Waals surface area (Å²) in [6.07, 6.45) is 4.64. The fourth-order valence-electron chi connectivity index (χ4n) is 1.78. The first-order chi connectivity index (χ1) is 7.77. The fourth-order valence-corrected chi connectivity index (χ4v) is 1.78. The number of aryl methyl sites for hydroxylation is 2. The number of benzene rings is 1. The van der Waals surface area contributed by atoms with E-state index in [0.717, 1.165) is 12.2 Å². The average molecular weight is 216 g/mol. The first kappa shape index (κ1) is 10.9. The molecule has 84 valence electrons. The summed E-state index contributed by atoms with van der Waals surface area (Å²) in [5, 5.41) is 9.97. The van der Waals surface area contributed by atoms with Crippen molar-refractivity contribution in [2.75, 3.05) is 0 Å². The Balaban J connectivity index is 1.94. The number of aliphatic hydroxyl groups is 1. The van der Waals surface area contributed by atoms with E-state index in [-0.39, 0.29) is 0 Å². The summed E-state index contributed by atoms with van der Waals surface area (Å²) in [6.45, 7) is 0. The zero-order valence-corrected chi connectivity index (χ0v) is 9.37. The second-order valence-electron chi connectivity index (χ2n) is 3.94. The Kier molecular flexibility index (Phi) is 3.37. The fraction of sp³-hybridized carbons (Fsp3) is 0.308. The van der Waals surface area contributed by atoms with Crippen LogP contribution < -0.4 is 0 Å². The van der Waals surface area contributed by atoms with Gasteiger partial charge in [0.1, 0.15) is 11.9 Å². The summed E-state index contributed by atoms with van der Waals surface area (Å²) >= 11 is 0. The number of imidazole rings is 1. The molecule has 16 heavy (non-hydrogen) atoms. The Morgan fingerprint density at radius 2 is 2.06 bits per heavy atom. The van der Waals surface area contributed by atoms with E-state index in [1.165, 1.54) is 5.56 Å². The second-order valence-corrected chi connectivity index (χ2v) is 3.94. The van der Waals surface area contributed by atoms with Crippen LogP contribution in [0.3, 0.4) is 0 Å². The first-order valence-electron chi connectivity index (χ1n) is 5.46. The van der Waals surface area contributed by atoms with Crippen molar-refractivity contribution in [3.63, 3.8) is 0 Å². The van der Waals surface area contributed by atoms with Crippen molar-refractivity contribution in [2.45, 2.75) is 18.9 Å². The quantitative estimate of drug-likeness (QED) is 0.849. The van der Waals surface area contributed by atoms with Gasteiger partial charge < -0.3 is 9.67 Å². The van der Waals surface area contributed by atoms with Crippen molar-refractivity contribution in [1.82, 2.24) is 9.55 Å². The van der Waals surface area contributed by atoms with Crippen molar-refractivity contribution < 1.29 is 5.11 Å². The van der Waals surface area contributed by atoms with Crippen molar-refractivity contribution >= 4 is 0 Å². The molecule has 0 fully saturated rings. The Labute approximate surface area is 95.4 Å². The molecule has 3 heteroatoms. The summed E-state index contributed by atoms with van der Waals surface area (Å²) < 4.78 is 1.86. The van der Waals surface area contributed by atoms with Crippen molar-refractivity contribution in [3.8, 4) is 0 Å². The topological polar surface area (TPSA) is 38.0 Å². The van der Waals surface area contributed by atoms with Crippen LogP contribution in [0.5, 0.6) is 0 Å². The van der Waals surface area contributed by atoms with Crippen molar-refractivity contribution in [1.29, 1.82) is 0 Å². The van der Waals surface area contributed by atoms with Gasteiger partial charge in [0.25, 0.3) is 0 Å². The molecule has 2 aromatic rings. The maximum Gasteiger partial charge on any atom is 0.137 e. The number of hydrogen-bond acceptors (Lipinski definition) is 2. The molecule has 2 rings (SSSR count). The third-order valence-electron chi connectivity index (χ3n) is 2.71. The molecule has 0 spiro atoms. The molecule has 1 aromatic carbocycles.